The van der Waals surface area contributed by atoms with Crippen LogP contribution in [-0.2, 0) is 0 Å². The van der Waals surface area contributed by atoms with Gasteiger partial charge in [-0.15, -0.1) is 0 Å². The van der Waals surface area contributed by atoms with E-state index in [-0.39, 0.29) is 23.3 Å². The lowest BCUT2D eigenvalue weighted by Crippen LogP contribution is -2.29. The quantitative estimate of drug-likeness (QED) is 0.874. The highest BCUT2D eigenvalue weighted by atomic mass is 19.3. The Morgan fingerprint density at radius 2 is 1.95 bits per heavy atom. The number of hydrogen-bond donors (Lipinski definition) is 0. The molecule has 0 spiro atoms. The van der Waals surface area contributed by atoms with Crippen LogP contribution in [0.25, 0.3) is 0 Å². The van der Waals surface area contributed by atoms with Crippen molar-refractivity contribution >= 4 is 5.91 Å². The first kappa shape index (κ1) is 14.6. The summed E-state index contributed by atoms with van der Waals surface area (Å²) in [5, 5.41) is 3.59. The van der Waals surface area contributed by atoms with Gasteiger partial charge < -0.3 is 4.90 Å². The highest BCUT2D eigenvalue weighted by Gasteiger charge is 2.29. The first-order chi connectivity index (χ1) is 10.5. The van der Waals surface area contributed by atoms with Crippen LogP contribution in [0, 0.1) is 5.82 Å². The van der Waals surface area contributed by atoms with Crippen LogP contribution in [-0.4, -0.2) is 33.7 Å². The summed E-state index contributed by atoms with van der Waals surface area (Å²) in [5.41, 5.74) is 0.981. The van der Waals surface area contributed by atoms with Gasteiger partial charge in [-0.2, -0.15) is 13.9 Å². The number of carbonyl (C=O) groups excluding carboxylic acids is 1. The van der Waals surface area contributed by atoms with Crippen LogP contribution in [0.1, 0.15) is 34.9 Å². The third kappa shape index (κ3) is 2.84. The smallest absolute Gasteiger partial charge is 0.333 e. The van der Waals surface area contributed by atoms with Crippen LogP contribution in [0.2, 0.25) is 0 Å². The summed E-state index contributed by atoms with van der Waals surface area (Å²) in [6.07, 6.45) is 1.85. The molecule has 2 heterocycles. The Hall–Kier alpha value is -2.31. The van der Waals surface area contributed by atoms with E-state index in [1.807, 2.05) is 0 Å². The molecule has 22 heavy (non-hydrogen) atoms. The zero-order chi connectivity index (χ0) is 15.7. The molecule has 0 N–H and O–H groups in total. The Morgan fingerprint density at radius 1 is 1.23 bits per heavy atom. The van der Waals surface area contributed by atoms with Gasteiger partial charge in [-0.25, -0.2) is 9.07 Å². The van der Waals surface area contributed by atoms with Crippen molar-refractivity contribution < 1.29 is 18.0 Å². The third-order valence-electron chi connectivity index (χ3n) is 3.84. The largest absolute Gasteiger partial charge is 0.337 e. The zero-order valence-electron chi connectivity index (χ0n) is 11.6. The van der Waals surface area contributed by atoms with Crippen LogP contribution in [0.4, 0.5) is 13.2 Å². The summed E-state index contributed by atoms with van der Waals surface area (Å²) < 4.78 is 38.4. The van der Waals surface area contributed by atoms with Crippen LogP contribution in [0.5, 0.6) is 0 Å². The Labute approximate surface area is 125 Å². The number of likely N-dealkylation sites (tertiary alicyclic amines) is 1. The van der Waals surface area contributed by atoms with Gasteiger partial charge in [0.25, 0.3) is 5.91 Å². The van der Waals surface area contributed by atoms with Gasteiger partial charge in [0.05, 0.1) is 0 Å². The molecular weight excluding hydrogens is 295 g/mol. The maximum Gasteiger partial charge on any atom is 0.333 e. The highest BCUT2D eigenvalue weighted by Crippen LogP contribution is 2.28. The van der Waals surface area contributed by atoms with Gasteiger partial charge in [0.2, 0.25) is 0 Å². The van der Waals surface area contributed by atoms with Gasteiger partial charge in [0.1, 0.15) is 5.82 Å². The standard InChI is InChI=1S/C15H14F3N3O/c16-12-3-1-10(2-4-12)11-5-7-20(9-11)14(22)13-6-8-21(19-13)15(17)18/h1-4,6,8,11,15H,5,7,9H2/t11-/m1/s1. The van der Waals surface area contributed by atoms with Crippen molar-refractivity contribution in [2.45, 2.75) is 18.9 Å². The molecule has 3 rings (SSSR count). The van der Waals surface area contributed by atoms with E-state index >= 15 is 0 Å². The van der Waals surface area contributed by atoms with Crippen molar-refractivity contribution in [3.05, 3.63) is 53.6 Å². The van der Waals surface area contributed by atoms with Crippen LogP contribution in [0.15, 0.2) is 36.5 Å². The van der Waals surface area contributed by atoms with E-state index in [0.717, 1.165) is 18.2 Å². The van der Waals surface area contributed by atoms with Crippen LogP contribution < -0.4 is 0 Å². The van der Waals surface area contributed by atoms with Gasteiger partial charge in [-0.05, 0) is 30.2 Å². The summed E-state index contributed by atoms with van der Waals surface area (Å²) in [5.74, 6) is -0.530. The van der Waals surface area contributed by atoms with Crippen molar-refractivity contribution in [1.82, 2.24) is 14.7 Å². The van der Waals surface area contributed by atoms with Crippen LogP contribution in [0.3, 0.4) is 0 Å². The number of benzene rings is 1. The molecular formula is C15H14F3N3O. The lowest BCUT2D eigenvalue weighted by atomic mass is 9.99. The Morgan fingerprint density at radius 3 is 2.59 bits per heavy atom. The minimum Gasteiger partial charge on any atom is -0.337 e. The maximum atomic E-state index is 12.9. The van der Waals surface area contributed by atoms with Gasteiger partial charge in [0, 0.05) is 25.2 Å². The van der Waals surface area contributed by atoms with E-state index in [1.54, 1.807) is 17.0 Å². The predicted octanol–water partition coefficient (Wildman–Crippen LogP) is 3.05. The maximum absolute atomic E-state index is 12.9. The number of halogens is 3. The van der Waals surface area contributed by atoms with E-state index < -0.39 is 6.55 Å². The molecule has 0 radical (unpaired) electrons. The molecule has 116 valence electrons. The molecule has 0 bridgehead atoms. The van der Waals surface area contributed by atoms with Gasteiger partial charge in [-0.1, -0.05) is 12.1 Å². The van der Waals surface area contributed by atoms with E-state index in [4.69, 9.17) is 0 Å². The summed E-state index contributed by atoms with van der Waals surface area (Å²) in [6.45, 7) is -1.75. The topological polar surface area (TPSA) is 38.1 Å². The molecule has 1 aromatic heterocycles. The molecule has 1 aromatic carbocycles. The molecule has 0 unspecified atom stereocenters. The predicted molar refractivity (Wildman–Crippen MR) is 73.1 cm³/mol. The number of nitrogens with zero attached hydrogens (tertiary/aromatic N) is 3. The summed E-state index contributed by atoms with van der Waals surface area (Å²) in [4.78, 5) is 13.8. The molecule has 4 nitrogen and oxygen atoms in total. The molecule has 0 saturated carbocycles. The minimum atomic E-state index is -2.76. The van der Waals surface area contributed by atoms with E-state index in [2.05, 4.69) is 5.10 Å². The van der Waals surface area contributed by atoms with Crippen molar-refractivity contribution in [2.75, 3.05) is 13.1 Å². The first-order valence-corrected chi connectivity index (χ1v) is 6.92. The normalized spacial score (nSPS) is 18.2. The molecule has 0 aliphatic carbocycles. The molecule has 2 aromatic rings. The second-order valence-electron chi connectivity index (χ2n) is 5.25. The molecule has 1 aliphatic rings. The van der Waals surface area contributed by atoms with E-state index in [0.29, 0.717) is 17.8 Å². The van der Waals surface area contributed by atoms with E-state index in [1.165, 1.54) is 18.2 Å². The number of hydrogen-bond acceptors (Lipinski definition) is 2. The van der Waals surface area contributed by atoms with Gasteiger partial charge >= 0.3 is 6.55 Å². The van der Waals surface area contributed by atoms with Crippen molar-refractivity contribution in [3.8, 4) is 0 Å². The van der Waals surface area contributed by atoms with Crippen molar-refractivity contribution in [1.29, 1.82) is 0 Å². The highest BCUT2D eigenvalue weighted by molar-refractivity contribution is 5.92. The molecule has 7 heteroatoms. The van der Waals surface area contributed by atoms with Crippen LogP contribution >= 0.6 is 0 Å². The first-order valence-electron chi connectivity index (χ1n) is 6.92. The average Bonchev–Trinajstić information content (AvgIpc) is 3.17. The summed E-state index contributed by atoms with van der Waals surface area (Å²) in [6, 6.07) is 7.49. The summed E-state index contributed by atoms with van der Waals surface area (Å²) >= 11 is 0. The number of aromatic nitrogens is 2. The molecule has 1 fully saturated rings. The second kappa shape index (κ2) is 5.82. The minimum absolute atomic E-state index is 0.0139. The number of carbonyl (C=O) groups is 1. The fraction of sp³-hybridized carbons (Fsp3) is 0.333. The Bertz CT molecular complexity index is 669. The fourth-order valence-electron chi connectivity index (χ4n) is 2.67. The molecule has 1 amide bonds. The summed E-state index contributed by atoms with van der Waals surface area (Å²) in [7, 11) is 0. The Kier molecular flexibility index (Phi) is 3.87. The Balaban J connectivity index is 1.69. The number of alkyl halides is 2. The molecule has 1 atom stereocenters. The SMILES string of the molecule is O=C(c1ccn(C(F)F)n1)N1CC[C@@H](c2ccc(F)cc2)C1. The lowest BCUT2D eigenvalue weighted by molar-refractivity contribution is 0.0553. The number of rotatable bonds is 3. The lowest BCUT2D eigenvalue weighted by Gasteiger charge is -2.15. The van der Waals surface area contributed by atoms with E-state index in [9.17, 15) is 18.0 Å². The number of amides is 1. The fourth-order valence-corrected chi connectivity index (χ4v) is 2.67. The monoisotopic (exact) mass is 309 g/mol. The van der Waals surface area contributed by atoms with Crippen molar-refractivity contribution in [2.24, 2.45) is 0 Å². The van der Waals surface area contributed by atoms with Crippen molar-refractivity contribution in [3.63, 3.8) is 0 Å². The average molecular weight is 309 g/mol. The molecule has 1 saturated heterocycles. The molecule has 1 aliphatic heterocycles. The van der Waals surface area contributed by atoms with Gasteiger partial charge in [0.15, 0.2) is 5.69 Å². The zero-order valence-corrected chi connectivity index (χ0v) is 11.6. The third-order valence-corrected chi connectivity index (χ3v) is 3.84. The second-order valence-corrected chi connectivity index (χ2v) is 5.25. The van der Waals surface area contributed by atoms with Gasteiger partial charge in [-0.3, -0.25) is 4.79 Å².